The van der Waals surface area contributed by atoms with Crippen molar-refractivity contribution >= 4 is 17.2 Å². The summed E-state index contributed by atoms with van der Waals surface area (Å²) in [4.78, 5) is 22.1. The molecule has 4 rings (SSSR count). The topological polar surface area (TPSA) is 41.4 Å². The summed E-state index contributed by atoms with van der Waals surface area (Å²) >= 11 is 1.66. The highest BCUT2D eigenvalue weighted by atomic mass is 32.1. The van der Waals surface area contributed by atoms with E-state index in [-0.39, 0.29) is 5.91 Å². The molecule has 1 fully saturated rings. The second kappa shape index (κ2) is 9.14. The maximum atomic E-state index is 13.0. The van der Waals surface area contributed by atoms with E-state index in [2.05, 4.69) is 70.1 Å². The summed E-state index contributed by atoms with van der Waals surface area (Å²) in [5.74, 6) is 0.209. The van der Waals surface area contributed by atoms with Gasteiger partial charge >= 0.3 is 0 Å². The zero-order chi connectivity index (χ0) is 21.1. The quantitative estimate of drug-likeness (QED) is 0.605. The Labute approximate surface area is 183 Å². The van der Waals surface area contributed by atoms with Gasteiger partial charge in [-0.15, -0.1) is 11.3 Å². The van der Waals surface area contributed by atoms with E-state index >= 15 is 0 Å². The van der Waals surface area contributed by atoms with E-state index < -0.39 is 0 Å². The van der Waals surface area contributed by atoms with Crippen molar-refractivity contribution in [2.24, 2.45) is 0 Å². The van der Waals surface area contributed by atoms with Gasteiger partial charge < -0.3 is 9.47 Å². The average molecular weight is 423 g/mol. The molecule has 0 N–H and O–H groups in total. The van der Waals surface area contributed by atoms with Gasteiger partial charge in [0, 0.05) is 55.1 Å². The first-order valence-corrected chi connectivity index (χ1v) is 11.5. The molecule has 5 nitrogen and oxygen atoms in total. The van der Waals surface area contributed by atoms with Gasteiger partial charge in [0.1, 0.15) is 6.54 Å². The highest BCUT2D eigenvalue weighted by Gasteiger charge is 2.22. The van der Waals surface area contributed by atoms with E-state index in [0.717, 1.165) is 66.8 Å². The van der Waals surface area contributed by atoms with Gasteiger partial charge in [0.05, 0.1) is 10.7 Å². The zero-order valence-electron chi connectivity index (χ0n) is 18.1. The smallest absolute Gasteiger partial charge is 0.242 e. The second-order valence-corrected chi connectivity index (χ2v) is 9.14. The van der Waals surface area contributed by atoms with Crippen LogP contribution in [0.25, 0.3) is 11.3 Å². The van der Waals surface area contributed by atoms with Crippen LogP contribution in [0.1, 0.15) is 22.0 Å². The third-order valence-electron chi connectivity index (χ3n) is 6.05. The number of piperazine rings is 1. The lowest BCUT2D eigenvalue weighted by Crippen LogP contribution is -2.50. The number of nitrogens with zero attached hydrogens (tertiary/aromatic N) is 4. The van der Waals surface area contributed by atoms with Gasteiger partial charge in [-0.1, -0.05) is 30.3 Å². The molecule has 1 saturated heterocycles. The molecular formula is C24H30N4OS. The summed E-state index contributed by atoms with van der Waals surface area (Å²) < 4.78 is 2.13. The van der Waals surface area contributed by atoms with Gasteiger partial charge in [0.25, 0.3) is 0 Å². The van der Waals surface area contributed by atoms with Crippen molar-refractivity contribution in [2.45, 2.75) is 33.7 Å². The summed E-state index contributed by atoms with van der Waals surface area (Å²) in [5.41, 5.74) is 5.75. The Kier molecular flexibility index (Phi) is 6.35. The minimum atomic E-state index is 0.209. The molecule has 0 unspecified atom stereocenters. The molecule has 30 heavy (non-hydrogen) atoms. The molecule has 1 aliphatic rings. The number of carbonyl (C=O) groups is 1. The molecule has 0 radical (unpaired) electrons. The van der Waals surface area contributed by atoms with Crippen molar-refractivity contribution in [1.29, 1.82) is 0 Å². The third-order valence-corrected chi connectivity index (χ3v) is 6.82. The monoisotopic (exact) mass is 422 g/mol. The molecule has 0 atom stereocenters. The molecule has 3 aromatic rings. The number of hydrogen-bond donors (Lipinski definition) is 0. The standard InChI is InChI=1S/C24H30N4OS/c1-18-15-22(23-17-30-20(3)25-23)19(2)28(18)16-24(29)27-13-11-26(12-14-27)10-9-21-7-5-4-6-8-21/h4-8,15,17H,9-14,16H2,1-3H3. The average Bonchev–Trinajstić information content (AvgIpc) is 3.31. The van der Waals surface area contributed by atoms with Gasteiger partial charge in [-0.25, -0.2) is 4.98 Å². The van der Waals surface area contributed by atoms with Crippen LogP contribution < -0.4 is 0 Å². The van der Waals surface area contributed by atoms with E-state index in [9.17, 15) is 4.79 Å². The maximum absolute atomic E-state index is 13.0. The summed E-state index contributed by atoms with van der Waals surface area (Å²) in [6.07, 6.45) is 1.06. The molecule has 0 saturated carbocycles. The van der Waals surface area contributed by atoms with Crippen LogP contribution in [0.15, 0.2) is 41.8 Å². The number of aryl methyl sites for hydroxylation is 2. The van der Waals surface area contributed by atoms with Crippen LogP contribution in [-0.2, 0) is 17.8 Å². The first-order chi connectivity index (χ1) is 14.5. The molecule has 1 aliphatic heterocycles. The molecule has 158 valence electrons. The lowest BCUT2D eigenvalue weighted by molar-refractivity contribution is -0.133. The molecule has 1 amide bonds. The summed E-state index contributed by atoms with van der Waals surface area (Å²) in [5, 5.41) is 3.16. The fraction of sp³-hybridized carbons (Fsp3) is 0.417. The number of hydrogen-bond acceptors (Lipinski definition) is 4. The first kappa shape index (κ1) is 20.8. The number of benzene rings is 1. The Hall–Kier alpha value is -2.44. The van der Waals surface area contributed by atoms with E-state index in [0.29, 0.717) is 6.54 Å². The molecule has 6 heteroatoms. The normalized spacial score (nSPS) is 15.0. The van der Waals surface area contributed by atoms with Crippen molar-refractivity contribution < 1.29 is 4.79 Å². The van der Waals surface area contributed by atoms with Gasteiger partial charge in [0.15, 0.2) is 0 Å². The maximum Gasteiger partial charge on any atom is 0.242 e. The Bertz CT molecular complexity index is 1000. The van der Waals surface area contributed by atoms with Crippen molar-refractivity contribution in [3.05, 3.63) is 63.7 Å². The van der Waals surface area contributed by atoms with Crippen molar-refractivity contribution in [1.82, 2.24) is 19.4 Å². The lowest BCUT2D eigenvalue weighted by Gasteiger charge is -2.35. The SMILES string of the molecule is Cc1nc(-c2cc(C)n(CC(=O)N3CCN(CCc4ccccc4)CC3)c2C)cs1. The first-order valence-electron chi connectivity index (χ1n) is 10.6. The van der Waals surface area contributed by atoms with Crippen LogP contribution >= 0.6 is 11.3 Å². The fourth-order valence-corrected chi connectivity index (χ4v) is 4.79. The highest BCUT2D eigenvalue weighted by Crippen LogP contribution is 2.28. The predicted molar refractivity (Wildman–Crippen MR) is 123 cm³/mol. The second-order valence-electron chi connectivity index (χ2n) is 8.08. The molecular weight excluding hydrogens is 392 g/mol. The van der Waals surface area contributed by atoms with Crippen LogP contribution in [0.4, 0.5) is 0 Å². The highest BCUT2D eigenvalue weighted by molar-refractivity contribution is 7.09. The van der Waals surface area contributed by atoms with Gasteiger partial charge in [-0.2, -0.15) is 0 Å². The Morgan fingerprint density at radius 3 is 2.47 bits per heavy atom. The van der Waals surface area contributed by atoms with Crippen LogP contribution in [0, 0.1) is 20.8 Å². The third kappa shape index (κ3) is 4.65. The van der Waals surface area contributed by atoms with Crippen LogP contribution in [0.2, 0.25) is 0 Å². The van der Waals surface area contributed by atoms with E-state index in [1.807, 2.05) is 11.8 Å². The number of amides is 1. The van der Waals surface area contributed by atoms with Gasteiger partial charge in [-0.05, 0) is 38.8 Å². The molecule has 0 spiro atoms. The molecule has 0 bridgehead atoms. The minimum Gasteiger partial charge on any atom is -0.339 e. The van der Waals surface area contributed by atoms with Crippen LogP contribution in [-0.4, -0.2) is 58.0 Å². The van der Waals surface area contributed by atoms with Crippen molar-refractivity contribution in [3.8, 4) is 11.3 Å². The molecule has 0 aliphatic carbocycles. The van der Waals surface area contributed by atoms with E-state index in [1.165, 1.54) is 5.56 Å². The van der Waals surface area contributed by atoms with Gasteiger partial charge in [-0.3, -0.25) is 9.69 Å². The van der Waals surface area contributed by atoms with Crippen LogP contribution in [0.5, 0.6) is 0 Å². The fourth-order valence-electron chi connectivity index (χ4n) is 4.18. The Morgan fingerprint density at radius 2 is 1.80 bits per heavy atom. The zero-order valence-corrected chi connectivity index (χ0v) is 18.9. The van der Waals surface area contributed by atoms with Crippen LogP contribution in [0.3, 0.4) is 0 Å². The molecule has 1 aromatic carbocycles. The summed E-state index contributed by atoms with van der Waals surface area (Å²) in [6.45, 7) is 11.2. The number of carbonyl (C=O) groups excluding carboxylic acids is 1. The molecule has 2 aromatic heterocycles. The Morgan fingerprint density at radius 1 is 1.07 bits per heavy atom. The largest absolute Gasteiger partial charge is 0.339 e. The van der Waals surface area contributed by atoms with Crippen molar-refractivity contribution in [2.75, 3.05) is 32.7 Å². The minimum absolute atomic E-state index is 0.209. The lowest BCUT2D eigenvalue weighted by atomic mass is 10.1. The van der Waals surface area contributed by atoms with Gasteiger partial charge in [0.2, 0.25) is 5.91 Å². The number of aromatic nitrogens is 2. The van der Waals surface area contributed by atoms with Crippen molar-refractivity contribution in [3.63, 3.8) is 0 Å². The summed E-state index contributed by atoms with van der Waals surface area (Å²) in [7, 11) is 0. The number of thiazole rings is 1. The van der Waals surface area contributed by atoms with E-state index in [4.69, 9.17) is 0 Å². The predicted octanol–water partition coefficient (Wildman–Crippen LogP) is 3.92. The molecule has 3 heterocycles. The summed E-state index contributed by atoms with van der Waals surface area (Å²) in [6, 6.07) is 12.8. The Balaban J connectivity index is 1.32. The van der Waals surface area contributed by atoms with E-state index in [1.54, 1.807) is 11.3 Å². The number of rotatable bonds is 6.